The summed E-state index contributed by atoms with van der Waals surface area (Å²) in [6, 6.07) is 13.5. The van der Waals surface area contributed by atoms with Crippen LogP contribution >= 0.6 is 27.5 Å². The fraction of sp³-hybridized carbons (Fsp3) is 0.235. The minimum absolute atomic E-state index is 0.0503. The third kappa shape index (κ3) is 2.85. The van der Waals surface area contributed by atoms with Gasteiger partial charge in [-0.25, -0.2) is 0 Å². The molecule has 108 valence electrons. The van der Waals surface area contributed by atoms with Crippen molar-refractivity contribution in [3.05, 3.63) is 63.1 Å². The molecule has 1 N–H and O–H groups in total. The summed E-state index contributed by atoms with van der Waals surface area (Å²) < 4.78 is 0.905. The van der Waals surface area contributed by atoms with E-state index in [2.05, 4.69) is 21.2 Å². The van der Waals surface area contributed by atoms with Crippen LogP contribution in [0, 0.1) is 6.92 Å². The minimum atomic E-state index is -0.394. The maximum atomic E-state index is 12.7. The van der Waals surface area contributed by atoms with Crippen LogP contribution in [0.2, 0.25) is 5.02 Å². The number of rotatable bonds is 3. The second-order valence-corrected chi connectivity index (χ2v) is 6.82. The van der Waals surface area contributed by atoms with Crippen LogP contribution in [0.4, 0.5) is 5.69 Å². The van der Waals surface area contributed by atoms with E-state index in [4.69, 9.17) is 11.6 Å². The van der Waals surface area contributed by atoms with E-state index in [1.54, 1.807) is 0 Å². The SMILES string of the molecule is Cc1ccc(NC(=O)C2(c3ccc(Cl)cc3)CC2)c(Br)c1. The van der Waals surface area contributed by atoms with Gasteiger partial charge in [-0.1, -0.05) is 29.8 Å². The summed E-state index contributed by atoms with van der Waals surface area (Å²) in [5.41, 5.74) is 2.60. The standard InChI is InChI=1S/C17H15BrClNO/c1-11-2-7-15(14(18)10-11)20-16(21)17(8-9-17)12-3-5-13(19)6-4-12/h2-7,10H,8-9H2,1H3,(H,20,21). The number of anilines is 1. The van der Waals surface area contributed by atoms with Gasteiger partial charge in [-0.3, -0.25) is 4.79 Å². The minimum Gasteiger partial charge on any atom is -0.324 e. The van der Waals surface area contributed by atoms with E-state index in [1.165, 1.54) is 0 Å². The zero-order valence-corrected chi connectivity index (χ0v) is 14.0. The molecular formula is C17H15BrClNO. The molecule has 3 rings (SSSR count). The lowest BCUT2D eigenvalue weighted by Crippen LogP contribution is -2.27. The lowest BCUT2D eigenvalue weighted by molar-refractivity contribution is -0.118. The first-order valence-corrected chi connectivity index (χ1v) is 8.02. The first-order valence-electron chi connectivity index (χ1n) is 6.85. The van der Waals surface area contributed by atoms with E-state index in [-0.39, 0.29) is 5.91 Å². The highest BCUT2D eigenvalue weighted by molar-refractivity contribution is 9.10. The second kappa shape index (κ2) is 5.47. The normalized spacial score (nSPS) is 15.6. The first kappa shape index (κ1) is 14.6. The van der Waals surface area contributed by atoms with E-state index in [1.807, 2.05) is 49.4 Å². The highest BCUT2D eigenvalue weighted by atomic mass is 79.9. The fourth-order valence-corrected chi connectivity index (χ4v) is 3.22. The zero-order chi connectivity index (χ0) is 15.0. The summed E-state index contributed by atoms with van der Waals surface area (Å²) in [6.07, 6.45) is 1.76. The van der Waals surface area contributed by atoms with Crippen molar-refractivity contribution in [2.24, 2.45) is 0 Å². The van der Waals surface area contributed by atoms with Crippen molar-refractivity contribution in [2.75, 3.05) is 5.32 Å². The van der Waals surface area contributed by atoms with Gasteiger partial charge in [0.2, 0.25) is 5.91 Å². The van der Waals surface area contributed by atoms with Gasteiger partial charge in [-0.05, 0) is 71.1 Å². The number of hydrogen-bond acceptors (Lipinski definition) is 1. The number of carbonyl (C=O) groups is 1. The molecule has 0 radical (unpaired) electrons. The molecule has 1 saturated carbocycles. The number of nitrogens with one attached hydrogen (secondary N) is 1. The molecule has 0 unspecified atom stereocenters. The van der Waals surface area contributed by atoms with Crippen molar-refractivity contribution in [2.45, 2.75) is 25.2 Å². The Kier molecular flexibility index (Phi) is 3.80. The predicted molar refractivity (Wildman–Crippen MR) is 89.9 cm³/mol. The van der Waals surface area contributed by atoms with Crippen molar-refractivity contribution < 1.29 is 4.79 Å². The molecule has 1 aliphatic carbocycles. The molecule has 0 aromatic heterocycles. The zero-order valence-electron chi connectivity index (χ0n) is 11.6. The number of halogens is 2. The molecule has 0 heterocycles. The summed E-state index contributed by atoms with van der Waals surface area (Å²) in [5.74, 6) is 0.0503. The fourth-order valence-electron chi connectivity index (χ4n) is 2.50. The quantitative estimate of drug-likeness (QED) is 0.808. The average Bonchev–Trinajstić information content (AvgIpc) is 3.24. The van der Waals surface area contributed by atoms with Crippen LogP contribution in [0.5, 0.6) is 0 Å². The smallest absolute Gasteiger partial charge is 0.235 e. The monoisotopic (exact) mass is 363 g/mol. The molecule has 2 nitrogen and oxygen atoms in total. The second-order valence-electron chi connectivity index (χ2n) is 5.53. The largest absolute Gasteiger partial charge is 0.324 e. The van der Waals surface area contributed by atoms with E-state index in [0.29, 0.717) is 5.02 Å². The van der Waals surface area contributed by atoms with Gasteiger partial charge in [0.25, 0.3) is 0 Å². The number of aryl methyl sites for hydroxylation is 1. The number of hydrogen-bond donors (Lipinski definition) is 1. The van der Waals surface area contributed by atoms with Crippen LogP contribution in [0.15, 0.2) is 46.9 Å². The van der Waals surface area contributed by atoms with Crippen molar-refractivity contribution in [1.82, 2.24) is 0 Å². The van der Waals surface area contributed by atoms with Gasteiger partial charge >= 0.3 is 0 Å². The third-order valence-corrected chi connectivity index (χ3v) is 4.86. The molecule has 2 aromatic carbocycles. The van der Waals surface area contributed by atoms with Crippen LogP contribution in [0.25, 0.3) is 0 Å². The number of carbonyl (C=O) groups excluding carboxylic acids is 1. The Morgan fingerprint density at radius 2 is 1.86 bits per heavy atom. The molecule has 2 aromatic rings. The lowest BCUT2D eigenvalue weighted by Gasteiger charge is -2.17. The van der Waals surface area contributed by atoms with Crippen LogP contribution < -0.4 is 5.32 Å². The van der Waals surface area contributed by atoms with Gasteiger partial charge in [0.15, 0.2) is 0 Å². The Balaban J connectivity index is 1.83. The summed E-state index contributed by atoms with van der Waals surface area (Å²) >= 11 is 9.42. The average molecular weight is 365 g/mol. The molecule has 0 aliphatic heterocycles. The molecule has 0 atom stereocenters. The Morgan fingerprint density at radius 3 is 2.43 bits per heavy atom. The van der Waals surface area contributed by atoms with Gasteiger partial charge < -0.3 is 5.32 Å². The third-order valence-electron chi connectivity index (χ3n) is 3.95. The van der Waals surface area contributed by atoms with Crippen LogP contribution in [0.1, 0.15) is 24.0 Å². The number of benzene rings is 2. The molecule has 1 fully saturated rings. The lowest BCUT2D eigenvalue weighted by atomic mass is 9.95. The van der Waals surface area contributed by atoms with Crippen LogP contribution in [-0.2, 0) is 10.2 Å². The van der Waals surface area contributed by atoms with Crippen LogP contribution in [-0.4, -0.2) is 5.91 Å². The predicted octanol–water partition coefficient (Wildman–Crippen LogP) is 5.08. The maximum Gasteiger partial charge on any atom is 0.235 e. The van der Waals surface area contributed by atoms with E-state index in [9.17, 15) is 4.79 Å². The number of amides is 1. The summed E-state index contributed by atoms with van der Waals surface area (Å²) in [5, 5.41) is 3.73. The molecule has 0 spiro atoms. The highest BCUT2D eigenvalue weighted by Crippen LogP contribution is 2.49. The molecule has 1 amide bonds. The summed E-state index contributed by atoms with van der Waals surface area (Å²) in [7, 11) is 0. The molecule has 0 bridgehead atoms. The van der Waals surface area contributed by atoms with Gasteiger partial charge in [0.05, 0.1) is 11.1 Å². The molecular weight excluding hydrogens is 350 g/mol. The Morgan fingerprint density at radius 1 is 1.19 bits per heavy atom. The molecule has 0 saturated heterocycles. The van der Waals surface area contributed by atoms with Crippen molar-refractivity contribution >= 4 is 39.1 Å². The highest BCUT2D eigenvalue weighted by Gasteiger charge is 2.51. The van der Waals surface area contributed by atoms with E-state index in [0.717, 1.165) is 34.1 Å². The Bertz CT molecular complexity index is 692. The first-order chi connectivity index (χ1) is 10.0. The topological polar surface area (TPSA) is 29.1 Å². The summed E-state index contributed by atoms with van der Waals surface area (Å²) in [4.78, 5) is 12.7. The Hall–Kier alpha value is -1.32. The maximum absolute atomic E-state index is 12.7. The van der Waals surface area contributed by atoms with E-state index >= 15 is 0 Å². The molecule has 21 heavy (non-hydrogen) atoms. The summed E-state index contributed by atoms with van der Waals surface area (Å²) in [6.45, 7) is 2.02. The Labute approximate surface area is 137 Å². The van der Waals surface area contributed by atoms with Gasteiger partial charge in [-0.2, -0.15) is 0 Å². The molecule has 1 aliphatic rings. The van der Waals surface area contributed by atoms with Crippen molar-refractivity contribution in [3.8, 4) is 0 Å². The van der Waals surface area contributed by atoms with Crippen molar-refractivity contribution in [3.63, 3.8) is 0 Å². The van der Waals surface area contributed by atoms with Crippen LogP contribution in [0.3, 0.4) is 0 Å². The van der Waals surface area contributed by atoms with Gasteiger partial charge in [0, 0.05) is 9.50 Å². The van der Waals surface area contributed by atoms with E-state index < -0.39 is 5.41 Å². The van der Waals surface area contributed by atoms with Gasteiger partial charge in [0.1, 0.15) is 0 Å². The van der Waals surface area contributed by atoms with Gasteiger partial charge in [-0.15, -0.1) is 0 Å². The van der Waals surface area contributed by atoms with Crippen molar-refractivity contribution in [1.29, 1.82) is 0 Å². The molecule has 4 heteroatoms.